The van der Waals surface area contributed by atoms with Gasteiger partial charge < -0.3 is 17.1 Å². The summed E-state index contributed by atoms with van der Waals surface area (Å²) in [5.41, 5.74) is 2.52. The molecule has 0 fully saturated rings. The molecule has 1 aromatic carbocycles. The van der Waals surface area contributed by atoms with Crippen LogP contribution >= 0.6 is 23.2 Å². The van der Waals surface area contributed by atoms with E-state index in [2.05, 4.69) is 36.7 Å². The van der Waals surface area contributed by atoms with Gasteiger partial charge in [-0.15, -0.1) is 0 Å². The maximum atomic E-state index is 6.07. The van der Waals surface area contributed by atoms with Gasteiger partial charge in [-0.3, -0.25) is 0 Å². The van der Waals surface area contributed by atoms with Gasteiger partial charge in [-0.05, 0) is 24.6 Å². The van der Waals surface area contributed by atoms with E-state index < -0.39 is 0 Å². The van der Waals surface area contributed by atoms with E-state index in [-0.39, 0.29) is 12.4 Å². The van der Waals surface area contributed by atoms with Crippen molar-refractivity contribution in [2.24, 2.45) is 0 Å². The summed E-state index contributed by atoms with van der Waals surface area (Å²) >= 11 is 12.1. The van der Waals surface area contributed by atoms with Crippen LogP contribution in [-0.4, -0.2) is 6.61 Å². The number of hydrogen-bond donors (Lipinski definition) is 0. The Labute approximate surface area is 142 Å². The molecule has 2 nitrogen and oxygen atoms in total. The van der Waals surface area contributed by atoms with Gasteiger partial charge in [-0.1, -0.05) is 36.2 Å². The van der Waals surface area contributed by atoms with E-state index in [1.54, 1.807) is 18.2 Å². The van der Waals surface area contributed by atoms with Crippen LogP contribution < -0.4 is 21.7 Å². The number of aryl methyl sites for hydroxylation is 2. The Morgan fingerprint density at radius 2 is 1.76 bits per heavy atom. The standard InChI is InChI=1S/C16H18Cl2NO.ClH/c1-3-13-8-7-12(2)19(11-13)9-10-20-16-14(17)5-4-6-15(16)18;/h4-8,11H,3,9-10H2,1-2H3;1H/q+1;/p-1. The Hall–Kier alpha value is -0.960. The molecule has 1 aromatic heterocycles. The van der Waals surface area contributed by atoms with Gasteiger partial charge in [-0.2, -0.15) is 4.57 Å². The minimum absolute atomic E-state index is 0. The highest BCUT2D eigenvalue weighted by Gasteiger charge is 2.10. The molecule has 0 radical (unpaired) electrons. The van der Waals surface area contributed by atoms with Crippen LogP contribution in [0.2, 0.25) is 10.0 Å². The molecule has 0 unspecified atom stereocenters. The smallest absolute Gasteiger partial charge is 0.182 e. The zero-order chi connectivity index (χ0) is 14.5. The second-order valence-corrected chi connectivity index (χ2v) is 5.44. The molecule has 0 amide bonds. The van der Waals surface area contributed by atoms with E-state index in [4.69, 9.17) is 27.9 Å². The summed E-state index contributed by atoms with van der Waals surface area (Å²) in [6.07, 6.45) is 3.18. The van der Waals surface area contributed by atoms with Crippen LogP contribution in [0.25, 0.3) is 0 Å². The monoisotopic (exact) mass is 345 g/mol. The summed E-state index contributed by atoms with van der Waals surface area (Å²) in [4.78, 5) is 0. The van der Waals surface area contributed by atoms with E-state index in [1.807, 2.05) is 0 Å². The fraction of sp³-hybridized carbons (Fsp3) is 0.312. The van der Waals surface area contributed by atoms with Gasteiger partial charge in [0.1, 0.15) is 6.61 Å². The molecular weight excluding hydrogens is 329 g/mol. The Balaban J connectivity index is 0.00000220. The van der Waals surface area contributed by atoms with Crippen molar-refractivity contribution < 1.29 is 21.7 Å². The SMILES string of the molecule is CCc1ccc(C)[n+](CCOc2c(Cl)cccc2Cl)c1.[Cl-]. The van der Waals surface area contributed by atoms with Crippen LogP contribution in [0.4, 0.5) is 0 Å². The van der Waals surface area contributed by atoms with Gasteiger partial charge in [0.05, 0.1) is 10.0 Å². The summed E-state index contributed by atoms with van der Waals surface area (Å²) in [6.45, 7) is 5.53. The number of para-hydroxylation sites is 1. The fourth-order valence-corrected chi connectivity index (χ4v) is 2.49. The normalized spacial score (nSPS) is 10.1. The molecule has 0 N–H and O–H groups in total. The van der Waals surface area contributed by atoms with E-state index in [0.29, 0.717) is 22.4 Å². The molecule has 0 aliphatic heterocycles. The molecule has 0 aliphatic rings. The number of halogens is 3. The van der Waals surface area contributed by atoms with Gasteiger partial charge in [0.15, 0.2) is 24.2 Å². The highest BCUT2D eigenvalue weighted by Crippen LogP contribution is 2.32. The number of pyridine rings is 1. The molecule has 2 aromatic rings. The van der Waals surface area contributed by atoms with E-state index in [0.717, 1.165) is 13.0 Å². The molecular formula is C16H18Cl3NO. The number of rotatable bonds is 5. The Morgan fingerprint density at radius 3 is 2.38 bits per heavy atom. The first-order chi connectivity index (χ1) is 9.61. The molecule has 0 atom stereocenters. The lowest BCUT2D eigenvalue weighted by Crippen LogP contribution is -3.00. The molecule has 0 spiro atoms. The fourth-order valence-electron chi connectivity index (χ4n) is 1.98. The minimum atomic E-state index is 0. The van der Waals surface area contributed by atoms with Gasteiger partial charge in [-0.25, -0.2) is 0 Å². The number of ether oxygens (including phenoxy) is 1. The van der Waals surface area contributed by atoms with Crippen molar-refractivity contribution in [2.45, 2.75) is 26.8 Å². The lowest BCUT2D eigenvalue weighted by molar-refractivity contribution is -0.703. The van der Waals surface area contributed by atoms with Crippen LogP contribution in [0.5, 0.6) is 5.75 Å². The number of aromatic nitrogens is 1. The third-order valence-electron chi connectivity index (χ3n) is 3.22. The first kappa shape index (κ1) is 18.1. The molecule has 5 heteroatoms. The van der Waals surface area contributed by atoms with Crippen LogP contribution in [0.3, 0.4) is 0 Å². The van der Waals surface area contributed by atoms with Crippen LogP contribution in [-0.2, 0) is 13.0 Å². The van der Waals surface area contributed by atoms with Gasteiger partial charge in [0.25, 0.3) is 0 Å². The molecule has 21 heavy (non-hydrogen) atoms. The van der Waals surface area contributed by atoms with Crippen molar-refractivity contribution in [1.82, 2.24) is 0 Å². The first-order valence-corrected chi connectivity index (χ1v) is 7.43. The largest absolute Gasteiger partial charge is 1.00 e. The van der Waals surface area contributed by atoms with Crippen molar-refractivity contribution in [3.8, 4) is 5.75 Å². The second-order valence-electron chi connectivity index (χ2n) is 4.62. The average molecular weight is 347 g/mol. The molecule has 0 bridgehead atoms. The quantitative estimate of drug-likeness (QED) is 0.742. The Bertz CT molecular complexity index is 582. The van der Waals surface area contributed by atoms with Gasteiger partial charge >= 0.3 is 0 Å². The predicted molar refractivity (Wildman–Crippen MR) is 82.7 cm³/mol. The number of benzene rings is 1. The zero-order valence-electron chi connectivity index (χ0n) is 12.1. The Kier molecular flexibility index (Phi) is 7.30. The molecule has 0 saturated heterocycles. The average Bonchev–Trinajstić information content (AvgIpc) is 2.44. The minimum Gasteiger partial charge on any atom is -1.00 e. The first-order valence-electron chi connectivity index (χ1n) is 6.67. The highest BCUT2D eigenvalue weighted by molar-refractivity contribution is 6.37. The van der Waals surface area contributed by atoms with Crippen LogP contribution in [0.15, 0.2) is 36.5 Å². The molecule has 1 heterocycles. The van der Waals surface area contributed by atoms with E-state index in [1.165, 1.54) is 11.3 Å². The predicted octanol–water partition coefficient (Wildman–Crippen LogP) is 1.23. The number of hydrogen-bond acceptors (Lipinski definition) is 1. The summed E-state index contributed by atoms with van der Waals surface area (Å²) in [5, 5.41) is 1.09. The molecule has 114 valence electrons. The van der Waals surface area contributed by atoms with Crippen molar-refractivity contribution in [1.29, 1.82) is 0 Å². The second kappa shape index (κ2) is 8.47. The van der Waals surface area contributed by atoms with Crippen LogP contribution in [0, 0.1) is 6.92 Å². The van der Waals surface area contributed by atoms with Crippen molar-refractivity contribution >= 4 is 23.2 Å². The lowest BCUT2D eigenvalue weighted by Gasteiger charge is -2.09. The van der Waals surface area contributed by atoms with Gasteiger partial charge in [0, 0.05) is 18.6 Å². The maximum Gasteiger partial charge on any atom is 0.182 e. The van der Waals surface area contributed by atoms with Crippen molar-refractivity contribution in [3.63, 3.8) is 0 Å². The number of nitrogens with zero attached hydrogens (tertiary/aromatic N) is 1. The summed E-state index contributed by atoms with van der Waals surface area (Å²) in [6, 6.07) is 9.64. The summed E-state index contributed by atoms with van der Waals surface area (Å²) < 4.78 is 7.90. The maximum absolute atomic E-state index is 6.07. The van der Waals surface area contributed by atoms with Crippen LogP contribution in [0.1, 0.15) is 18.2 Å². The van der Waals surface area contributed by atoms with Crippen molar-refractivity contribution in [2.75, 3.05) is 6.61 Å². The molecule has 2 rings (SSSR count). The molecule has 0 aliphatic carbocycles. The van der Waals surface area contributed by atoms with Gasteiger partial charge in [0.2, 0.25) is 0 Å². The summed E-state index contributed by atoms with van der Waals surface area (Å²) in [5.74, 6) is 0.556. The Morgan fingerprint density at radius 1 is 1.10 bits per heavy atom. The third-order valence-corrected chi connectivity index (χ3v) is 3.81. The summed E-state index contributed by atoms with van der Waals surface area (Å²) in [7, 11) is 0. The van der Waals surface area contributed by atoms with E-state index >= 15 is 0 Å². The zero-order valence-corrected chi connectivity index (χ0v) is 14.3. The van der Waals surface area contributed by atoms with Crippen molar-refractivity contribution in [3.05, 3.63) is 57.8 Å². The molecule has 0 saturated carbocycles. The van der Waals surface area contributed by atoms with E-state index in [9.17, 15) is 0 Å². The topological polar surface area (TPSA) is 13.1 Å². The third kappa shape index (κ3) is 4.77. The lowest BCUT2D eigenvalue weighted by atomic mass is 10.2. The highest BCUT2D eigenvalue weighted by atomic mass is 35.5.